The highest BCUT2D eigenvalue weighted by Gasteiger charge is 2.10. The molecule has 3 nitrogen and oxygen atoms in total. The zero-order valence-corrected chi connectivity index (χ0v) is 10.6. The first-order chi connectivity index (χ1) is 7.69. The van der Waals surface area contributed by atoms with Gasteiger partial charge in [0.05, 0.1) is 12.2 Å². The molecular formula is C12H13BrO3. The van der Waals surface area contributed by atoms with Gasteiger partial charge in [0.25, 0.3) is 0 Å². The molecule has 0 aliphatic heterocycles. The van der Waals surface area contributed by atoms with Gasteiger partial charge in [0.2, 0.25) is 0 Å². The van der Waals surface area contributed by atoms with E-state index >= 15 is 0 Å². The molecule has 16 heavy (non-hydrogen) atoms. The molecule has 1 rings (SSSR count). The summed E-state index contributed by atoms with van der Waals surface area (Å²) in [5, 5.41) is 0. The monoisotopic (exact) mass is 284 g/mol. The molecule has 86 valence electrons. The summed E-state index contributed by atoms with van der Waals surface area (Å²) < 4.78 is 11.6. The van der Waals surface area contributed by atoms with Crippen LogP contribution < -0.4 is 9.47 Å². The van der Waals surface area contributed by atoms with Crippen LogP contribution in [0.5, 0.6) is 11.5 Å². The first kappa shape index (κ1) is 12.8. The van der Waals surface area contributed by atoms with Crippen LogP contribution in [-0.4, -0.2) is 19.5 Å². The largest absolute Gasteiger partial charge is 0.490 e. The maximum atomic E-state index is 10.9. The lowest BCUT2D eigenvalue weighted by Crippen LogP contribution is -2.03. The number of ether oxygens (including phenoxy) is 2. The van der Waals surface area contributed by atoms with Crippen molar-refractivity contribution in [3.05, 3.63) is 34.8 Å². The topological polar surface area (TPSA) is 35.5 Å². The number of aldehydes is 1. The van der Waals surface area contributed by atoms with Crippen LogP contribution in [0, 0.1) is 0 Å². The SMILES string of the molecule is C=C(Br)COc1c(C=O)cccc1OCC. The zero-order chi connectivity index (χ0) is 12.0. The van der Waals surface area contributed by atoms with Gasteiger partial charge in [-0.05, 0) is 19.1 Å². The fraction of sp³-hybridized carbons (Fsp3) is 0.250. The normalized spacial score (nSPS) is 9.62. The van der Waals surface area contributed by atoms with Crippen molar-refractivity contribution in [1.29, 1.82) is 0 Å². The van der Waals surface area contributed by atoms with Crippen molar-refractivity contribution in [3.63, 3.8) is 0 Å². The Hall–Kier alpha value is -1.29. The minimum atomic E-state index is 0.297. The molecule has 0 aliphatic rings. The van der Waals surface area contributed by atoms with E-state index in [4.69, 9.17) is 9.47 Å². The molecule has 0 heterocycles. The number of hydrogen-bond donors (Lipinski definition) is 0. The van der Waals surface area contributed by atoms with Crippen molar-refractivity contribution >= 4 is 22.2 Å². The van der Waals surface area contributed by atoms with Crippen LogP contribution in [0.2, 0.25) is 0 Å². The van der Waals surface area contributed by atoms with Crippen molar-refractivity contribution in [2.24, 2.45) is 0 Å². The number of carbonyl (C=O) groups is 1. The molecule has 0 amide bonds. The van der Waals surface area contributed by atoms with E-state index in [1.54, 1.807) is 18.2 Å². The van der Waals surface area contributed by atoms with Crippen LogP contribution in [0.1, 0.15) is 17.3 Å². The molecule has 0 saturated carbocycles. The van der Waals surface area contributed by atoms with E-state index in [1.165, 1.54) is 0 Å². The van der Waals surface area contributed by atoms with Crippen molar-refractivity contribution in [2.45, 2.75) is 6.92 Å². The molecule has 0 radical (unpaired) electrons. The summed E-state index contributed by atoms with van der Waals surface area (Å²) in [7, 11) is 0. The van der Waals surface area contributed by atoms with E-state index < -0.39 is 0 Å². The summed E-state index contributed by atoms with van der Waals surface area (Å²) in [6.07, 6.45) is 0.745. The van der Waals surface area contributed by atoms with E-state index in [-0.39, 0.29) is 0 Å². The quantitative estimate of drug-likeness (QED) is 0.753. The van der Waals surface area contributed by atoms with Gasteiger partial charge in [0, 0.05) is 4.48 Å². The highest BCUT2D eigenvalue weighted by molar-refractivity contribution is 9.11. The maximum absolute atomic E-state index is 10.9. The Bertz CT molecular complexity index is 388. The summed E-state index contributed by atoms with van der Waals surface area (Å²) in [5.74, 6) is 1.03. The molecule has 0 spiro atoms. The number of halogens is 1. The molecule has 0 atom stereocenters. The second-order valence-electron chi connectivity index (χ2n) is 3.03. The molecule has 0 unspecified atom stereocenters. The Morgan fingerprint density at radius 1 is 1.50 bits per heavy atom. The van der Waals surface area contributed by atoms with Gasteiger partial charge in [-0.2, -0.15) is 0 Å². The van der Waals surface area contributed by atoms with Crippen LogP contribution in [0.15, 0.2) is 29.3 Å². The Morgan fingerprint density at radius 3 is 2.81 bits per heavy atom. The Morgan fingerprint density at radius 2 is 2.25 bits per heavy atom. The predicted octanol–water partition coefficient (Wildman–Crippen LogP) is 3.19. The minimum absolute atomic E-state index is 0.297. The fourth-order valence-electron chi connectivity index (χ4n) is 1.20. The summed E-state index contributed by atoms with van der Waals surface area (Å²) >= 11 is 3.19. The average molecular weight is 285 g/mol. The van der Waals surface area contributed by atoms with Gasteiger partial charge in [-0.3, -0.25) is 4.79 Å². The highest BCUT2D eigenvalue weighted by atomic mass is 79.9. The van der Waals surface area contributed by atoms with Crippen LogP contribution in [-0.2, 0) is 0 Å². The third kappa shape index (κ3) is 3.38. The van der Waals surface area contributed by atoms with Gasteiger partial charge in [-0.1, -0.05) is 28.6 Å². The van der Waals surface area contributed by atoms with Gasteiger partial charge < -0.3 is 9.47 Å². The Kier molecular flexibility index (Phi) is 5.05. The zero-order valence-electron chi connectivity index (χ0n) is 9.03. The lowest BCUT2D eigenvalue weighted by Gasteiger charge is -2.12. The van der Waals surface area contributed by atoms with E-state index in [0.717, 1.165) is 6.29 Å². The predicted molar refractivity (Wildman–Crippen MR) is 66.6 cm³/mol. The van der Waals surface area contributed by atoms with E-state index in [2.05, 4.69) is 22.5 Å². The van der Waals surface area contributed by atoms with Crippen LogP contribution in [0.4, 0.5) is 0 Å². The number of hydrogen-bond acceptors (Lipinski definition) is 3. The lowest BCUT2D eigenvalue weighted by atomic mass is 10.2. The van der Waals surface area contributed by atoms with Crippen LogP contribution in [0.25, 0.3) is 0 Å². The smallest absolute Gasteiger partial charge is 0.172 e. The molecule has 0 bridgehead atoms. The molecule has 0 fully saturated rings. The summed E-state index contributed by atoms with van der Waals surface area (Å²) in [6, 6.07) is 5.20. The summed E-state index contributed by atoms with van der Waals surface area (Å²) in [4.78, 5) is 10.9. The first-order valence-electron chi connectivity index (χ1n) is 4.86. The Balaban J connectivity index is 2.98. The minimum Gasteiger partial charge on any atom is -0.490 e. The first-order valence-corrected chi connectivity index (χ1v) is 5.65. The average Bonchev–Trinajstić information content (AvgIpc) is 2.27. The summed E-state index contributed by atoms with van der Waals surface area (Å²) in [5.41, 5.74) is 0.472. The standard InChI is InChI=1S/C12H13BrO3/c1-3-15-11-6-4-5-10(7-14)12(11)16-8-9(2)13/h4-7H,2-3,8H2,1H3. The van der Waals surface area contributed by atoms with Crippen molar-refractivity contribution < 1.29 is 14.3 Å². The molecule has 0 aromatic heterocycles. The molecule has 1 aromatic carbocycles. The van der Waals surface area contributed by atoms with Crippen molar-refractivity contribution in [3.8, 4) is 11.5 Å². The van der Waals surface area contributed by atoms with Crippen LogP contribution >= 0.6 is 15.9 Å². The van der Waals surface area contributed by atoms with Gasteiger partial charge in [-0.25, -0.2) is 0 Å². The second-order valence-corrected chi connectivity index (χ2v) is 4.15. The number of para-hydroxylation sites is 1. The molecule has 4 heteroatoms. The molecule has 1 aromatic rings. The highest BCUT2D eigenvalue weighted by Crippen LogP contribution is 2.30. The fourth-order valence-corrected chi connectivity index (χ4v) is 1.31. The van der Waals surface area contributed by atoms with Gasteiger partial charge in [0.1, 0.15) is 6.61 Å². The van der Waals surface area contributed by atoms with Crippen molar-refractivity contribution in [1.82, 2.24) is 0 Å². The van der Waals surface area contributed by atoms with E-state index in [1.807, 2.05) is 6.92 Å². The van der Waals surface area contributed by atoms with Gasteiger partial charge in [0.15, 0.2) is 17.8 Å². The third-order valence-corrected chi connectivity index (χ3v) is 2.04. The molecule has 0 N–H and O–H groups in total. The summed E-state index contributed by atoms with van der Waals surface area (Å²) in [6.45, 7) is 6.36. The van der Waals surface area contributed by atoms with E-state index in [9.17, 15) is 4.79 Å². The third-order valence-electron chi connectivity index (χ3n) is 1.81. The number of benzene rings is 1. The van der Waals surface area contributed by atoms with E-state index in [0.29, 0.717) is 34.8 Å². The molecule has 0 saturated heterocycles. The molecular weight excluding hydrogens is 272 g/mol. The number of carbonyl (C=O) groups excluding carboxylic acids is 1. The van der Waals surface area contributed by atoms with Crippen molar-refractivity contribution in [2.75, 3.05) is 13.2 Å². The molecule has 0 aliphatic carbocycles. The lowest BCUT2D eigenvalue weighted by molar-refractivity contribution is 0.111. The maximum Gasteiger partial charge on any atom is 0.172 e. The van der Waals surface area contributed by atoms with Gasteiger partial charge >= 0.3 is 0 Å². The number of rotatable bonds is 6. The van der Waals surface area contributed by atoms with Crippen LogP contribution in [0.3, 0.4) is 0 Å². The van der Waals surface area contributed by atoms with Gasteiger partial charge in [-0.15, -0.1) is 0 Å². The second kappa shape index (κ2) is 6.33. The Labute approximate surface area is 103 Å².